The third kappa shape index (κ3) is 4.72. The summed E-state index contributed by atoms with van der Waals surface area (Å²) in [4.78, 5) is 13.7. The second-order valence-electron chi connectivity index (χ2n) is 4.27. The zero-order valence-corrected chi connectivity index (χ0v) is 15.8. The van der Waals surface area contributed by atoms with Crippen molar-refractivity contribution >= 4 is 52.6 Å². The van der Waals surface area contributed by atoms with E-state index >= 15 is 0 Å². The predicted octanol–water partition coefficient (Wildman–Crippen LogP) is 1.75. The molecule has 126 valence electrons. The van der Waals surface area contributed by atoms with Crippen LogP contribution in [0.3, 0.4) is 0 Å². The molecule has 0 spiro atoms. The van der Waals surface area contributed by atoms with Crippen molar-refractivity contribution < 1.29 is 4.79 Å². The van der Waals surface area contributed by atoms with Crippen LogP contribution in [0.2, 0.25) is 4.34 Å². The molecule has 2 aromatic rings. The normalized spacial score (nSPS) is 10.9. The molecule has 2 heterocycles. The van der Waals surface area contributed by atoms with Crippen LogP contribution in [0.5, 0.6) is 0 Å². The molecule has 2 aromatic heterocycles. The number of nitrogens with zero attached hydrogens (tertiary/aromatic N) is 6. The summed E-state index contributed by atoms with van der Waals surface area (Å²) in [5, 5.41) is 13.0. The Morgan fingerprint density at radius 1 is 1.26 bits per heavy atom. The number of aromatic nitrogens is 5. The van der Waals surface area contributed by atoms with E-state index in [0.717, 1.165) is 11.5 Å². The highest BCUT2D eigenvalue weighted by molar-refractivity contribution is 8.00. The third-order valence-electron chi connectivity index (χ3n) is 2.92. The van der Waals surface area contributed by atoms with E-state index in [1.165, 1.54) is 28.2 Å². The van der Waals surface area contributed by atoms with Gasteiger partial charge in [-0.05, 0) is 13.8 Å². The standard InChI is InChI=1S/C11H16ClN7OS3/c1-3-18(4-2)8(20)6-22-11-16-15-10(19(11)13)21-5-7-9(12)23-17-14-7/h3-6,13H2,1-2H3. The van der Waals surface area contributed by atoms with Gasteiger partial charge in [0.2, 0.25) is 16.2 Å². The van der Waals surface area contributed by atoms with Crippen molar-refractivity contribution in [3.8, 4) is 0 Å². The highest BCUT2D eigenvalue weighted by Gasteiger charge is 2.16. The topological polar surface area (TPSA) is 103 Å². The zero-order chi connectivity index (χ0) is 16.8. The molecule has 0 bridgehead atoms. The number of hydrogen-bond donors (Lipinski definition) is 1. The van der Waals surface area contributed by atoms with Gasteiger partial charge in [-0.3, -0.25) is 4.79 Å². The maximum atomic E-state index is 12.0. The van der Waals surface area contributed by atoms with Gasteiger partial charge in [-0.25, -0.2) is 4.68 Å². The highest BCUT2D eigenvalue weighted by atomic mass is 35.5. The van der Waals surface area contributed by atoms with Crippen LogP contribution in [0.4, 0.5) is 0 Å². The molecule has 0 radical (unpaired) electrons. The second-order valence-corrected chi connectivity index (χ2v) is 7.51. The minimum Gasteiger partial charge on any atom is -0.343 e. The van der Waals surface area contributed by atoms with E-state index in [-0.39, 0.29) is 11.7 Å². The molecule has 2 rings (SSSR count). The molecule has 0 aliphatic rings. The van der Waals surface area contributed by atoms with Crippen LogP contribution in [-0.2, 0) is 10.5 Å². The first-order valence-corrected chi connectivity index (χ1v) is 9.89. The van der Waals surface area contributed by atoms with Gasteiger partial charge in [0.1, 0.15) is 10.0 Å². The molecule has 0 fully saturated rings. The maximum Gasteiger partial charge on any atom is 0.233 e. The molecule has 0 aliphatic heterocycles. The van der Waals surface area contributed by atoms with Crippen molar-refractivity contribution in [2.75, 3.05) is 24.7 Å². The minimum atomic E-state index is 0.0533. The lowest BCUT2D eigenvalue weighted by molar-refractivity contribution is -0.127. The molecule has 8 nitrogen and oxygen atoms in total. The van der Waals surface area contributed by atoms with E-state index in [1.54, 1.807) is 4.90 Å². The molecule has 0 saturated carbocycles. The SMILES string of the molecule is CCN(CC)C(=O)CSc1nnc(SCc2nnsc2Cl)n1N. The van der Waals surface area contributed by atoms with E-state index in [1.807, 2.05) is 13.8 Å². The highest BCUT2D eigenvalue weighted by Crippen LogP contribution is 2.27. The van der Waals surface area contributed by atoms with Crippen LogP contribution in [0.25, 0.3) is 0 Å². The average molecular weight is 394 g/mol. The molecule has 23 heavy (non-hydrogen) atoms. The average Bonchev–Trinajstić information content (AvgIpc) is 3.10. The molecule has 0 aromatic carbocycles. The fourth-order valence-electron chi connectivity index (χ4n) is 1.67. The summed E-state index contributed by atoms with van der Waals surface area (Å²) in [6, 6.07) is 0. The van der Waals surface area contributed by atoms with Crippen molar-refractivity contribution in [3.63, 3.8) is 0 Å². The predicted molar refractivity (Wildman–Crippen MR) is 93.3 cm³/mol. The van der Waals surface area contributed by atoms with Crippen molar-refractivity contribution in [3.05, 3.63) is 10.0 Å². The number of nitrogens with two attached hydrogens (primary N) is 1. The largest absolute Gasteiger partial charge is 0.343 e. The Labute approximate surface area is 151 Å². The Morgan fingerprint density at radius 3 is 2.48 bits per heavy atom. The van der Waals surface area contributed by atoms with Gasteiger partial charge in [0.15, 0.2) is 0 Å². The number of hydrogen-bond acceptors (Lipinski definition) is 9. The number of halogens is 1. The molecule has 0 aliphatic carbocycles. The van der Waals surface area contributed by atoms with Crippen LogP contribution in [0, 0.1) is 0 Å². The van der Waals surface area contributed by atoms with Gasteiger partial charge in [0, 0.05) is 30.4 Å². The van der Waals surface area contributed by atoms with E-state index in [2.05, 4.69) is 19.8 Å². The first-order chi connectivity index (χ1) is 11.1. The Morgan fingerprint density at radius 2 is 1.91 bits per heavy atom. The number of nitrogen functional groups attached to an aromatic ring is 1. The quantitative estimate of drug-likeness (QED) is 0.534. The number of carbonyl (C=O) groups is 1. The maximum absolute atomic E-state index is 12.0. The second kappa shape index (κ2) is 8.71. The van der Waals surface area contributed by atoms with Gasteiger partial charge in [0.25, 0.3) is 0 Å². The van der Waals surface area contributed by atoms with E-state index < -0.39 is 0 Å². The fraction of sp³-hybridized carbons (Fsp3) is 0.545. The summed E-state index contributed by atoms with van der Waals surface area (Å²) in [7, 11) is 0. The first-order valence-electron chi connectivity index (χ1n) is 6.77. The number of rotatable bonds is 8. The Kier molecular flexibility index (Phi) is 6.93. The van der Waals surface area contributed by atoms with Gasteiger partial charge in [-0.1, -0.05) is 39.6 Å². The molecular formula is C11H16ClN7OS3. The van der Waals surface area contributed by atoms with Gasteiger partial charge >= 0.3 is 0 Å². The number of carbonyl (C=O) groups excluding carboxylic acids is 1. The summed E-state index contributed by atoms with van der Waals surface area (Å²) >= 11 is 9.72. The number of thioether (sulfide) groups is 2. The van der Waals surface area contributed by atoms with E-state index in [4.69, 9.17) is 17.4 Å². The summed E-state index contributed by atoms with van der Waals surface area (Å²) in [6.07, 6.45) is 0. The van der Waals surface area contributed by atoms with Crippen molar-refractivity contribution in [1.82, 2.24) is 29.4 Å². The van der Waals surface area contributed by atoms with Gasteiger partial charge in [-0.15, -0.1) is 15.3 Å². The van der Waals surface area contributed by atoms with Crippen LogP contribution in [0.1, 0.15) is 19.5 Å². The summed E-state index contributed by atoms with van der Waals surface area (Å²) < 4.78 is 5.70. The van der Waals surface area contributed by atoms with Gasteiger partial charge in [0.05, 0.1) is 5.75 Å². The van der Waals surface area contributed by atoms with E-state index in [0.29, 0.717) is 39.2 Å². The molecular weight excluding hydrogens is 378 g/mol. The molecule has 0 atom stereocenters. The Bertz CT molecular complexity index is 658. The summed E-state index contributed by atoms with van der Waals surface area (Å²) in [5.41, 5.74) is 0.690. The summed E-state index contributed by atoms with van der Waals surface area (Å²) in [5.74, 6) is 6.81. The van der Waals surface area contributed by atoms with Crippen LogP contribution in [-0.4, -0.2) is 54.1 Å². The lowest BCUT2D eigenvalue weighted by Crippen LogP contribution is -2.32. The monoisotopic (exact) mass is 393 g/mol. The van der Waals surface area contributed by atoms with Crippen molar-refractivity contribution in [1.29, 1.82) is 0 Å². The number of amides is 1. The molecule has 0 saturated heterocycles. The Balaban J connectivity index is 1.91. The van der Waals surface area contributed by atoms with Crippen molar-refractivity contribution in [2.45, 2.75) is 29.9 Å². The minimum absolute atomic E-state index is 0.0533. The Hall–Kier alpha value is -1.04. The van der Waals surface area contributed by atoms with Gasteiger partial charge in [-0.2, -0.15) is 0 Å². The van der Waals surface area contributed by atoms with Crippen LogP contribution in [0.15, 0.2) is 10.3 Å². The van der Waals surface area contributed by atoms with Crippen molar-refractivity contribution in [2.24, 2.45) is 0 Å². The molecule has 12 heteroatoms. The fourth-order valence-corrected chi connectivity index (χ4v) is 4.08. The lowest BCUT2D eigenvalue weighted by Gasteiger charge is -2.17. The zero-order valence-electron chi connectivity index (χ0n) is 12.6. The molecule has 0 unspecified atom stereocenters. The van der Waals surface area contributed by atoms with Crippen LogP contribution >= 0.6 is 46.7 Å². The summed E-state index contributed by atoms with van der Waals surface area (Å²) in [6.45, 7) is 5.28. The third-order valence-corrected chi connectivity index (χ3v) is 5.79. The molecule has 2 N–H and O–H groups in total. The molecule has 1 amide bonds. The van der Waals surface area contributed by atoms with E-state index in [9.17, 15) is 4.79 Å². The van der Waals surface area contributed by atoms with Gasteiger partial charge < -0.3 is 10.7 Å². The van der Waals surface area contributed by atoms with Crippen LogP contribution < -0.4 is 5.84 Å². The smallest absolute Gasteiger partial charge is 0.233 e. The lowest BCUT2D eigenvalue weighted by atomic mass is 10.5. The first kappa shape index (κ1) is 18.3.